The van der Waals surface area contributed by atoms with Gasteiger partial charge in [0.2, 0.25) is 0 Å². The van der Waals surface area contributed by atoms with Crippen LogP contribution in [0.1, 0.15) is 12.8 Å². The van der Waals surface area contributed by atoms with Crippen molar-refractivity contribution < 1.29 is 9.53 Å². The molecule has 22 heavy (non-hydrogen) atoms. The van der Waals surface area contributed by atoms with Gasteiger partial charge >= 0.3 is 6.03 Å². The lowest BCUT2D eigenvalue weighted by molar-refractivity contribution is 0.0928. The van der Waals surface area contributed by atoms with E-state index in [-0.39, 0.29) is 12.3 Å². The first-order chi connectivity index (χ1) is 10.8. The van der Waals surface area contributed by atoms with E-state index < -0.39 is 0 Å². The Morgan fingerprint density at radius 3 is 2.64 bits per heavy atom. The summed E-state index contributed by atoms with van der Waals surface area (Å²) in [6.45, 7) is 0.714. The summed E-state index contributed by atoms with van der Waals surface area (Å²) in [6, 6.07) is 17.6. The van der Waals surface area contributed by atoms with Crippen molar-refractivity contribution in [1.29, 1.82) is 0 Å². The molecule has 2 aromatic rings. The van der Waals surface area contributed by atoms with Crippen LogP contribution >= 0.6 is 11.8 Å². The molecule has 1 atom stereocenters. The molecule has 1 saturated heterocycles. The predicted octanol–water partition coefficient (Wildman–Crippen LogP) is 4.10. The third-order valence-corrected chi connectivity index (χ3v) is 4.41. The number of para-hydroxylation sites is 1. The maximum Gasteiger partial charge on any atom is 0.321 e. The van der Waals surface area contributed by atoms with Crippen LogP contribution in [0.25, 0.3) is 0 Å². The quantitative estimate of drug-likeness (QED) is 0.893. The van der Waals surface area contributed by atoms with Crippen LogP contribution in [0.3, 0.4) is 0 Å². The Hall–Kier alpha value is -1.98. The van der Waals surface area contributed by atoms with Crippen molar-refractivity contribution in [2.24, 2.45) is 0 Å². The second kappa shape index (κ2) is 7.33. The molecule has 114 valence electrons. The number of amides is 2. The molecule has 2 amide bonds. The highest BCUT2D eigenvalue weighted by atomic mass is 32.2. The van der Waals surface area contributed by atoms with Gasteiger partial charge in [0.1, 0.15) is 6.23 Å². The molecule has 2 N–H and O–H groups in total. The summed E-state index contributed by atoms with van der Waals surface area (Å²) in [7, 11) is 0. The number of hydrogen-bond acceptors (Lipinski definition) is 3. The molecule has 0 spiro atoms. The van der Waals surface area contributed by atoms with Crippen LogP contribution in [-0.2, 0) is 4.74 Å². The average molecular weight is 314 g/mol. The molecule has 1 heterocycles. The molecule has 1 unspecified atom stereocenters. The molecule has 1 fully saturated rings. The maximum absolute atomic E-state index is 12.1. The number of carbonyl (C=O) groups excluding carboxylic acids is 1. The second-order valence-electron chi connectivity index (χ2n) is 5.01. The number of hydrogen-bond donors (Lipinski definition) is 2. The Labute approximate surface area is 134 Å². The van der Waals surface area contributed by atoms with Gasteiger partial charge in [-0.25, -0.2) is 4.79 Å². The van der Waals surface area contributed by atoms with E-state index in [2.05, 4.69) is 10.6 Å². The number of urea groups is 1. The van der Waals surface area contributed by atoms with Gasteiger partial charge in [-0.05, 0) is 37.1 Å². The van der Waals surface area contributed by atoms with Crippen molar-refractivity contribution >= 4 is 23.5 Å². The van der Waals surface area contributed by atoms with E-state index in [1.54, 1.807) is 11.8 Å². The zero-order valence-electron chi connectivity index (χ0n) is 12.1. The molecular weight excluding hydrogens is 296 g/mol. The van der Waals surface area contributed by atoms with E-state index in [9.17, 15) is 4.79 Å². The summed E-state index contributed by atoms with van der Waals surface area (Å²) < 4.78 is 5.41. The largest absolute Gasteiger partial charge is 0.358 e. The van der Waals surface area contributed by atoms with Gasteiger partial charge in [0.05, 0.1) is 5.69 Å². The zero-order valence-corrected chi connectivity index (χ0v) is 12.9. The molecule has 0 radical (unpaired) electrons. The zero-order chi connectivity index (χ0) is 15.2. The third-order valence-electron chi connectivity index (χ3n) is 3.33. The molecule has 4 nitrogen and oxygen atoms in total. The number of rotatable bonds is 4. The minimum absolute atomic E-state index is 0.172. The van der Waals surface area contributed by atoms with Crippen molar-refractivity contribution in [1.82, 2.24) is 5.32 Å². The van der Waals surface area contributed by atoms with Gasteiger partial charge in [0.25, 0.3) is 0 Å². The van der Waals surface area contributed by atoms with Gasteiger partial charge in [0, 0.05) is 16.4 Å². The van der Waals surface area contributed by atoms with Crippen LogP contribution in [0.2, 0.25) is 0 Å². The third kappa shape index (κ3) is 4.02. The molecule has 0 saturated carbocycles. The lowest BCUT2D eigenvalue weighted by Gasteiger charge is -2.14. The van der Waals surface area contributed by atoms with Gasteiger partial charge in [-0.1, -0.05) is 42.1 Å². The minimum Gasteiger partial charge on any atom is -0.358 e. The van der Waals surface area contributed by atoms with Crippen LogP contribution in [0, 0.1) is 0 Å². The molecule has 2 aromatic carbocycles. The summed E-state index contributed by atoms with van der Waals surface area (Å²) in [6.07, 6.45) is 1.69. The highest BCUT2D eigenvalue weighted by Crippen LogP contribution is 2.33. The first-order valence-corrected chi connectivity index (χ1v) is 8.14. The lowest BCUT2D eigenvalue weighted by Crippen LogP contribution is -2.37. The number of anilines is 1. The van der Waals surface area contributed by atoms with E-state index in [0.717, 1.165) is 28.3 Å². The van der Waals surface area contributed by atoms with Crippen molar-refractivity contribution in [3.05, 3.63) is 54.6 Å². The van der Waals surface area contributed by atoms with Crippen molar-refractivity contribution in [2.75, 3.05) is 11.9 Å². The second-order valence-corrected chi connectivity index (χ2v) is 6.13. The van der Waals surface area contributed by atoms with Crippen LogP contribution < -0.4 is 10.6 Å². The molecule has 3 rings (SSSR count). The SMILES string of the molecule is O=C(Nc1ccccc1Sc1ccccc1)NC1CCCO1. The minimum atomic E-state index is -0.229. The Morgan fingerprint density at radius 2 is 1.86 bits per heavy atom. The summed E-state index contributed by atoms with van der Waals surface area (Å²) in [4.78, 5) is 14.2. The van der Waals surface area contributed by atoms with Crippen molar-refractivity contribution in [3.63, 3.8) is 0 Å². The van der Waals surface area contributed by atoms with E-state index in [4.69, 9.17) is 4.74 Å². The van der Waals surface area contributed by atoms with Gasteiger partial charge in [0.15, 0.2) is 0 Å². The number of benzene rings is 2. The fraction of sp³-hybridized carbons (Fsp3) is 0.235. The van der Waals surface area contributed by atoms with Crippen LogP contribution in [0.15, 0.2) is 64.4 Å². The van der Waals surface area contributed by atoms with Gasteiger partial charge < -0.3 is 15.4 Å². The van der Waals surface area contributed by atoms with Gasteiger partial charge in [-0.2, -0.15) is 0 Å². The van der Waals surface area contributed by atoms with Gasteiger partial charge in [-0.15, -0.1) is 0 Å². The van der Waals surface area contributed by atoms with E-state index >= 15 is 0 Å². The maximum atomic E-state index is 12.1. The molecule has 0 aliphatic carbocycles. The van der Waals surface area contributed by atoms with Gasteiger partial charge in [-0.3, -0.25) is 0 Å². The Kier molecular flexibility index (Phi) is 4.98. The standard InChI is InChI=1S/C17H18N2O2S/c20-17(19-16-11-6-12-21-16)18-14-9-4-5-10-15(14)22-13-7-2-1-3-8-13/h1-5,7-10,16H,6,11-12H2,(H2,18,19,20). The first kappa shape index (κ1) is 14.9. The molecule has 1 aliphatic heterocycles. The number of ether oxygens (including phenoxy) is 1. The topological polar surface area (TPSA) is 50.4 Å². The summed E-state index contributed by atoms with van der Waals surface area (Å²) in [5, 5.41) is 5.74. The first-order valence-electron chi connectivity index (χ1n) is 7.32. The fourth-order valence-electron chi connectivity index (χ4n) is 2.27. The Bertz CT molecular complexity index is 628. The molecule has 0 bridgehead atoms. The van der Waals surface area contributed by atoms with Crippen LogP contribution in [0.5, 0.6) is 0 Å². The predicted molar refractivity (Wildman–Crippen MR) is 88.1 cm³/mol. The van der Waals surface area contributed by atoms with E-state index in [1.165, 1.54) is 0 Å². The summed E-state index contributed by atoms with van der Waals surface area (Å²) in [5.74, 6) is 0. The highest BCUT2D eigenvalue weighted by molar-refractivity contribution is 7.99. The molecule has 5 heteroatoms. The van der Waals surface area contributed by atoms with E-state index in [0.29, 0.717) is 6.61 Å². The smallest absolute Gasteiger partial charge is 0.321 e. The lowest BCUT2D eigenvalue weighted by atomic mass is 10.3. The van der Waals surface area contributed by atoms with E-state index in [1.807, 2.05) is 54.6 Å². The summed E-state index contributed by atoms with van der Waals surface area (Å²) >= 11 is 1.63. The molecule has 0 aromatic heterocycles. The fourth-order valence-corrected chi connectivity index (χ4v) is 3.19. The summed E-state index contributed by atoms with van der Waals surface area (Å²) in [5.41, 5.74) is 0.798. The molecule has 1 aliphatic rings. The monoisotopic (exact) mass is 314 g/mol. The Morgan fingerprint density at radius 1 is 1.09 bits per heavy atom. The van der Waals surface area contributed by atoms with Crippen molar-refractivity contribution in [2.45, 2.75) is 28.9 Å². The Balaban J connectivity index is 1.66. The normalized spacial score (nSPS) is 17.2. The molecular formula is C17H18N2O2S. The number of nitrogens with one attached hydrogen (secondary N) is 2. The van der Waals surface area contributed by atoms with Crippen LogP contribution in [-0.4, -0.2) is 18.9 Å². The van der Waals surface area contributed by atoms with Crippen LogP contribution in [0.4, 0.5) is 10.5 Å². The average Bonchev–Trinajstić information content (AvgIpc) is 3.03. The van der Waals surface area contributed by atoms with Crippen molar-refractivity contribution in [3.8, 4) is 0 Å². The number of carbonyl (C=O) groups is 1. The highest BCUT2D eigenvalue weighted by Gasteiger charge is 2.18.